The van der Waals surface area contributed by atoms with E-state index in [4.69, 9.17) is 27.1 Å². The van der Waals surface area contributed by atoms with Crippen molar-refractivity contribution < 1.29 is 53.1 Å². The van der Waals surface area contributed by atoms with Crippen LogP contribution in [0.15, 0.2) is 77.9 Å². The van der Waals surface area contributed by atoms with Gasteiger partial charge in [0.15, 0.2) is 5.96 Å². The van der Waals surface area contributed by atoms with E-state index in [1.54, 1.807) is 6.20 Å². The average molecular weight is 1070 g/mol. The van der Waals surface area contributed by atoms with Crippen molar-refractivity contribution in [3.63, 3.8) is 0 Å². The number of nitrogens with zero attached hydrogens (tertiary/aromatic N) is 1. The highest BCUT2D eigenvalue weighted by Crippen LogP contribution is 2.21. The van der Waals surface area contributed by atoms with Crippen molar-refractivity contribution >= 4 is 86.8 Å². The van der Waals surface area contributed by atoms with E-state index in [0.717, 1.165) is 35.0 Å². The molecule has 416 valence electrons. The number of guanidine groups is 1. The number of aliphatic carboxylic acids is 1. The molecule has 1 fully saturated rings. The number of nitrogens with two attached hydrogens (primary N) is 3. The summed E-state index contributed by atoms with van der Waals surface area (Å²) in [6.07, 6.45) is 3.21. The molecule has 6 atom stereocenters. The fourth-order valence-electron chi connectivity index (χ4n) is 8.47. The summed E-state index contributed by atoms with van der Waals surface area (Å²) in [6.45, 7) is 4.16. The molecular formula is C53H73N13O11. The van der Waals surface area contributed by atoms with Gasteiger partial charge in [0.25, 0.3) is 5.97 Å². The number of para-hydroxylation sites is 1. The van der Waals surface area contributed by atoms with Gasteiger partial charge in [0.1, 0.15) is 36.3 Å². The Balaban J connectivity index is 0.00000309. The lowest BCUT2D eigenvalue weighted by atomic mass is 10.00. The second-order valence-corrected chi connectivity index (χ2v) is 18.7. The molecule has 77 heavy (non-hydrogen) atoms. The third kappa shape index (κ3) is 21.3. The van der Waals surface area contributed by atoms with Gasteiger partial charge in [-0.3, -0.25) is 52.9 Å². The number of aliphatic imine (C=N–C) groups is 1. The molecule has 1 aromatic heterocycles. The number of amides is 9. The van der Waals surface area contributed by atoms with E-state index in [2.05, 4.69) is 52.5 Å². The Hall–Kier alpha value is -8.57. The maximum Gasteiger partial charge on any atom is 0.300 e. The third-order valence-electron chi connectivity index (χ3n) is 12.3. The molecule has 1 saturated heterocycles. The van der Waals surface area contributed by atoms with Gasteiger partial charge in [-0.2, -0.15) is 0 Å². The molecule has 9 amide bonds. The summed E-state index contributed by atoms with van der Waals surface area (Å²) in [5, 5.41) is 31.6. The van der Waals surface area contributed by atoms with Crippen LogP contribution in [0.2, 0.25) is 0 Å². The van der Waals surface area contributed by atoms with Crippen LogP contribution in [0, 0.1) is 0 Å². The first-order valence-electron chi connectivity index (χ1n) is 25.6. The minimum atomic E-state index is -1.42. The maximum absolute atomic E-state index is 14.5. The SMILES string of the molecule is CC(=O)O.CCCCC(NC(C)=O)C(=O)NC1CC(=O)NCCCCC(C(N)=O)NC(=O)C(Cc2c[nH]c3ccccc23)NC(=O)C(CCCN=C(N)N)NC(=O)C(Cc2ccc3ccccc3c2)NC(=O)CCNC1=O. The molecule has 6 unspecified atom stereocenters. The van der Waals surface area contributed by atoms with Gasteiger partial charge in [-0.05, 0) is 66.5 Å². The molecule has 1 aliphatic heterocycles. The van der Waals surface area contributed by atoms with Gasteiger partial charge >= 0.3 is 0 Å². The smallest absolute Gasteiger partial charge is 0.300 e. The molecule has 0 radical (unpaired) electrons. The number of carbonyl (C=O) groups is 10. The van der Waals surface area contributed by atoms with Crippen LogP contribution in [0.25, 0.3) is 21.7 Å². The Morgan fingerprint density at radius 2 is 1.40 bits per heavy atom. The minimum Gasteiger partial charge on any atom is -0.481 e. The van der Waals surface area contributed by atoms with E-state index in [0.29, 0.717) is 24.0 Å². The molecule has 4 aromatic rings. The number of hydrogen-bond acceptors (Lipinski definition) is 11. The Kier molecular flexibility index (Phi) is 24.8. The van der Waals surface area contributed by atoms with E-state index >= 15 is 0 Å². The van der Waals surface area contributed by atoms with Crippen molar-refractivity contribution in [1.29, 1.82) is 0 Å². The molecule has 16 N–H and O–H groups in total. The number of unbranched alkanes of at least 4 members (excludes halogenated alkanes) is 1. The topological polar surface area (TPSA) is 393 Å². The number of hydrogen-bond donors (Lipinski definition) is 13. The van der Waals surface area contributed by atoms with Crippen molar-refractivity contribution in [2.24, 2.45) is 22.2 Å². The van der Waals surface area contributed by atoms with Gasteiger partial charge < -0.3 is 69.8 Å². The number of rotatable bonds is 15. The summed E-state index contributed by atoms with van der Waals surface area (Å²) < 4.78 is 0. The zero-order chi connectivity index (χ0) is 56.4. The maximum atomic E-state index is 14.5. The van der Waals surface area contributed by atoms with Crippen LogP contribution in [-0.4, -0.2) is 131 Å². The molecule has 0 bridgehead atoms. The summed E-state index contributed by atoms with van der Waals surface area (Å²) in [6, 6.07) is 13.0. The third-order valence-corrected chi connectivity index (χ3v) is 12.3. The van der Waals surface area contributed by atoms with Gasteiger partial charge in [-0.15, -0.1) is 0 Å². The van der Waals surface area contributed by atoms with Crippen molar-refractivity contribution in [2.75, 3.05) is 19.6 Å². The van der Waals surface area contributed by atoms with Crippen molar-refractivity contribution in [3.8, 4) is 0 Å². The van der Waals surface area contributed by atoms with Crippen LogP contribution < -0.4 is 59.7 Å². The number of primary amides is 1. The molecule has 3 aromatic carbocycles. The van der Waals surface area contributed by atoms with Crippen molar-refractivity contribution in [2.45, 2.75) is 134 Å². The largest absolute Gasteiger partial charge is 0.481 e. The van der Waals surface area contributed by atoms with Crippen LogP contribution >= 0.6 is 0 Å². The number of fused-ring (bicyclic) bond motifs is 2. The number of carbonyl (C=O) groups excluding carboxylic acids is 9. The van der Waals surface area contributed by atoms with Crippen LogP contribution in [0.1, 0.15) is 96.1 Å². The van der Waals surface area contributed by atoms with Gasteiger partial charge in [-0.1, -0.05) is 80.4 Å². The standard InChI is InChI=1S/C51H69N13O9.C2H4O2/c1-3-4-15-38(59-30(2)65)47(70)64-42-28-44(67)55-22-10-9-17-37(45(52)68)61-50(73)41(27-34-29-58-36-16-8-7-14-35(34)36)63-48(71)39(18-11-23-57-51(53)54)62-49(72)40(60-43(66)21-24-56-46(42)69)26-31-19-20-32-12-5-6-13-33(32)25-31;1-2(3)4/h5-8,12-14,16,19-20,25,29,37-42,58H,3-4,9-11,15,17-18,21-24,26-28H2,1-2H3,(H2,52,68)(H,55,67)(H,56,69)(H,59,65)(H,60,66)(H,61,73)(H,62,72)(H,63,71)(H,64,70)(H4,53,54,57);1H3,(H,3,4). The van der Waals surface area contributed by atoms with E-state index < -0.39 is 102 Å². The Morgan fingerprint density at radius 1 is 0.740 bits per heavy atom. The van der Waals surface area contributed by atoms with Crippen molar-refractivity contribution in [3.05, 3.63) is 84.1 Å². The number of carboxylic acid groups (broad SMARTS) is 1. The predicted octanol–water partition coefficient (Wildman–Crippen LogP) is 0.0515. The summed E-state index contributed by atoms with van der Waals surface area (Å²) in [7, 11) is 0. The number of nitrogens with one attached hydrogen (secondary N) is 9. The molecule has 5 rings (SSSR count). The molecule has 0 spiro atoms. The van der Waals surface area contributed by atoms with E-state index in [9.17, 15) is 43.2 Å². The Bertz CT molecular complexity index is 2740. The van der Waals surface area contributed by atoms with Crippen LogP contribution in [-0.2, 0) is 60.8 Å². The van der Waals surface area contributed by atoms with E-state index in [1.807, 2.05) is 73.7 Å². The van der Waals surface area contributed by atoms with Gasteiger partial charge in [-0.25, -0.2) is 0 Å². The quantitative estimate of drug-likeness (QED) is 0.0426. The minimum absolute atomic E-state index is 0.0131. The number of carboxylic acids is 1. The van der Waals surface area contributed by atoms with Gasteiger partial charge in [0, 0.05) is 69.8 Å². The first kappa shape index (κ1) is 61.0. The lowest BCUT2D eigenvalue weighted by Crippen LogP contribution is -2.59. The van der Waals surface area contributed by atoms with Crippen LogP contribution in [0.4, 0.5) is 0 Å². The molecule has 2 heterocycles. The lowest BCUT2D eigenvalue weighted by Gasteiger charge is -2.26. The number of benzene rings is 3. The molecule has 0 aliphatic carbocycles. The summed E-state index contributed by atoms with van der Waals surface area (Å²) in [5.41, 5.74) is 19.1. The zero-order valence-electron chi connectivity index (χ0n) is 43.7. The lowest BCUT2D eigenvalue weighted by molar-refractivity contribution is -0.134. The molecule has 24 nitrogen and oxygen atoms in total. The Labute approximate surface area is 446 Å². The highest BCUT2D eigenvalue weighted by atomic mass is 16.4. The fourth-order valence-corrected chi connectivity index (χ4v) is 8.47. The van der Waals surface area contributed by atoms with Gasteiger partial charge in [0.05, 0.1) is 6.42 Å². The Morgan fingerprint density at radius 3 is 2.10 bits per heavy atom. The number of aromatic amines is 1. The van der Waals surface area contributed by atoms with Gasteiger partial charge in [0.2, 0.25) is 53.2 Å². The zero-order valence-corrected chi connectivity index (χ0v) is 43.7. The fraction of sp³-hybridized carbons (Fsp3) is 0.453. The van der Waals surface area contributed by atoms with Crippen LogP contribution in [0.5, 0.6) is 0 Å². The van der Waals surface area contributed by atoms with Crippen LogP contribution in [0.3, 0.4) is 0 Å². The average Bonchev–Trinajstić information content (AvgIpc) is 3.78. The number of aromatic nitrogens is 1. The highest BCUT2D eigenvalue weighted by molar-refractivity contribution is 5.97. The second kappa shape index (κ2) is 31.3. The molecular weight excluding hydrogens is 995 g/mol. The molecule has 24 heteroatoms. The molecule has 1 aliphatic rings. The normalized spacial score (nSPS) is 19.9. The first-order chi connectivity index (χ1) is 36.7. The van der Waals surface area contributed by atoms with Crippen molar-refractivity contribution in [1.82, 2.24) is 47.5 Å². The van der Waals surface area contributed by atoms with E-state index in [1.165, 1.54) is 6.92 Å². The summed E-state index contributed by atoms with van der Waals surface area (Å²) >= 11 is 0. The summed E-state index contributed by atoms with van der Waals surface area (Å²) in [5.74, 6) is -7.30. The highest BCUT2D eigenvalue weighted by Gasteiger charge is 2.33. The predicted molar refractivity (Wildman–Crippen MR) is 288 cm³/mol. The second-order valence-electron chi connectivity index (χ2n) is 18.7. The first-order valence-corrected chi connectivity index (χ1v) is 25.6. The number of H-pyrrole nitrogens is 1. The summed E-state index contributed by atoms with van der Waals surface area (Å²) in [4.78, 5) is 139. The van der Waals surface area contributed by atoms with E-state index in [-0.39, 0.29) is 77.0 Å². The monoisotopic (exact) mass is 1070 g/mol. The molecule has 0 saturated carbocycles.